The van der Waals surface area contributed by atoms with Crippen molar-refractivity contribution < 1.29 is 0 Å². The molecule has 0 atom stereocenters. The molecule has 0 unspecified atom stereocenters. The topological polar surface area (TPSA) is 50.7 Å². The average Bonchev–Trinajstić information content (AvgIpc) is 2.73. The van der Waals surface area contributed by atoms with Crippen molar-refractivity contribution >= 4 is 27.4 Å². The smallest absolute Gasteiger partial charge is 0.138 e. The molecule has 0 aliphatic heterocycles. The minimum absolute atomic E-state index is 0.669. The lowest BCUT2D eigenvalue weighted by atomic mass is 10.2. The van der Waals surface area contributed by atoms with Gasteiger partial charge in [0, 0.05) is 10.6 Å². The van der Waals surface area contributed by atoms with Gasteiger partial charge in [-0.1, -0.05) is 6.07 Å². The second-order valence-corrected chi connectivity index (χ2v) is 6.01. The lowest BCUT2D eigenvalue weighted by molar-refractivity contribution is 1.00. The van der Waals surface area contributed by atoms with E-state index in [-0.39, 0.29) is 0 Å². The SMILES string of the molecule is Cc1cccc(CNc2ncnc3sc(C)c(C)c23)n1. The van der Waals surface area contributed by atoms with Crippen LogP contribution in [-0.2, 0) is 6.54 Å². The molecule has 1 N–H and O–H groups in total. The highest BCUT2D eigenvalue weighted by Gasteiger charge is 2.11. The molecule has 0 saturated heterocycles. The molecule has 102 valence electrons. The van der Waals surface area contributed by atoms with Gasteiger partial charge in [0.05, 0.1) is 17.6 Å². The summed E-state index contributed by atoms with van der Waals surface area (Å²) in [5, 5.41) is 4.51. The standard InChI is InChI=1S/C15H16N4S/c1-9-5-4-6-12(19-9)7-16-14-13-10(2)11(3)20-15(13)18-8-17-14/h4-6,8H,7H2,1-3H3,(H,16,17,18). The van der Waals surface area contributed by atoms with Crippen LogP contribution in [0.4, 0.5) is 5.82 Å². The average molecular weight is 284 g/mol. The van der Waals surface area contributed by atoms with E-state index in [1.807, 2.05) is 25.1 Å². The lowest BCUT2D eigenvalue weighted by Crippen LogP contribution is -2.04. The fourth-order valence-corrected chi connectivity index (χ4v) is 3.19. The minimum atomic E-state index is 0.669. The highest BCUT2D eigenvalue weighted by Crippen LogP contribution is 2.32. The van der Waals surface area contributed by atoms with E-state index in [0.29, 0.717) is 6.54 Å². The van der Waals surface area contributed by atoms with E-state index in [4.69, 9.17) is 0 Å². The number of hydrogen-bond acceptors (Lipinski definition) is 5. The summed E-state index contributed by atoms with van der Waals surface area (Å²) in [6.45, 7) is 6.90. The van der Waals surface area contributed by atoms with E-state index in [1.165, 1.54) is 10.4 Å². The third-order valence-corrected chi connectivity index (χ3v) is 4.46. The van der Waals surface area contributed by atoms with Gasteiger partial charge in [-0.25, -0.2) is 9.97 Å². The van der Waals surface area contributed by atoms with Crippen LogP contribution in [0.25, 0.3) is 10.2 Å². The molecule has 0 radical (unpaired) electrons. The molecule has 4 nitrogen and oxygen atoms in total. The number of fused-ring (bicyclic) bond motifs is 1. The molecule has 0 saturated carbocycles. The maximum atomic E-state index is 4.49. The van der Waals surface area contributed by atoms with Crippen molar-refractivity contribution in [1.29, 1.82) is 0 Å². The molecule has 0 spiro atoms. The first-order valence-electron chi connectivity index (χ1n) is 6.52. The Hall–Kier alpha value is -2.01. The second-order valence-electron chi connectivity index (χ2n) is 4.81. The van der Waals surface area contributed by atoms with Gasteiger partial charge < -0.3 is 5.32 Å². The molecule has 5 heteroatoms. The highest BCUT2D eigenvalue weighted by atomic mass is 32.1. The molecule has 0 aromatic carbocycles. The van der Waals surface area contributed by atoms with Crippen molar-refractivity contribution in [3.63, 3.8) is 0 Å². The van der Waals surface area contributed by atoms with Gasteiger partial charge in [0.2, 0.25) is 0 Å². The van der Waals surface area contributed by atoms with Crippen LogP contribution in [0.3, 0.4) is 0 Å². The fourth-order valence-electron chi connectivity index (χ4n) is 2.19. The molecule has 0 amide bonds. The third kappa shape index (κ3) is 2.36. The van der Waals surface area contributed by atoms with Crippen molar-refractivity contribution in [2.24, 2.45) is 0 Å². The fraction of sp³-hybridized carbons (Fsp3) is 0.267. The Morgan fingerprint density at radius 1 is 1.15 bits per heavy atom. The van der Waals surface area contributed by atoms with Crippen LogP contribution in [0, 0.1) is 20.8 Å². The number of rotatable bonds is 3. The minimum Gasteiger partial charge on any atom is -0.364 e. The van der Waals surface area contributed by atoms with Crippen LogP contribution in [-0.4, -0.2) is 15.0 Å². The number of thiophene rings is 1. The number of aromatic nitrogens is 3. The Labute approximate surface area is 121 Å². The summed E-state index contributed by atoms with van der Waals surface area (Å²) in [4.78, 5) is 15.5. The van der Waals surface area contributed by atoms with Crippen LogP contribution in [0.5, 0.6) is 0 Å². The Balaban J connectivity index is 1.91. The van der Waals surface area contributed by atoms with Gasteiger partial charge in [-0.2, -0.15) is 0 Å². The first-order chi connectivity index (χ1) is 9.65. The zero-order valence-corrected chi connectivity index (χ0v) is 12.6. The van der Waals surface area contributed by atoms with Crippen molar-refractivity contribution in [3.05, 3.63) is 46.4 Å². The zero-order chi connectivity index (χ0) is 14.1. The van der Waals surface area contributed by atoms with Crippen LogP contribution in [0.1, 0.15) is 21.8 Å². The summed E-state index contributed by atoms with van der Waals surface area (Å²) >= 11 is 1.71. The lowest BCUT2D eigenvalue weighted by Gasteiger charge is -2.07. The van der Waals surface area contributed by atoms with Crippen LogP contribution in [0.2, 0.25) is 0 Å². The molecule has 20 heavy (non-hydrogen) atoms. The molecule has 0 fully saturated rings. The van der Waals surface area contributed by atoms with Gasteiger partial charge in [-0.3, -0.25) is 4.98 Å². The Bertz CT molecular complexity index is 764. The second kappa shape index (κ2) is 5.17. The van der Waals surface area contributed by atoms with E-state index in [9.17, 15) is 0 Å². The zero-order valence-electron chi connectivity index (χ0n) is 11.8. The Kier molecular flexibility index (Phi) is 3.36. The summed E-state index contributed by atoms with van der Waals surface area (Å²) in [6, 6.07) is 6.04. The molecular formula is C15H16N4S. The highest BCUT2D eigenvalue weighted by molar-refractivity contribution is 7.18. The van der Waals surface area contributed by atoms with Gasteiger partial charge in [-0.05, 0) is 38.5 Å². The van der Waals surface area contributed by atoms with E-state index in [1.54, 1.807) is 17.7 Å². The monoisotopic (exact) mass is 284 g/mol. The number of hydrogen-bond donors (Lipinski definition) is 1. The van der Waals surface area contributed by atoms with Gasteiger partial charge in [0.1, 0.15) is 17.0 Å². The summed E-state index contributed by atoms with van der Waals surface area (Å²) < 4.78 is 0. The first-order valence-corrected chi connectivity index (χ1v) is 7.34. The number of aryl methyl sites for hydroxylation is 3. The quantitative estimate of drug-likeness (QED) is 0.798. The molecule has 3 heterocycles. The third-order valence-electron chi connectivity index (χ3n) is 3.35. The van der Waals surface area contributed by atoms with Crippen molar-refractivity contribution in [2.75, 3.05) is 5.32 Å². The maximum absolute atomic E-state index is 4.49. The maximum Gasteiger partial charge on any atom is 0.138 e. The molecule has 0 bridgehead atoms. The first kappa shape index (κ1) is 13.0. The normalized spacial score (nSPS) is 10.9. The Morgan fingerprint density at radius 3 is 2.80 bits per heavy atom. The Morgan fingerprint density at radius 2 is 2.00 bits per heavy atom. The molecule has 0 aliphatic rings. The molecule has 3 aromatic rings. The number of nitrogens with zero attached hydrogens (tertiary/aromatic N) is 3. The van der Waals surface area contributed by atoms with Crippen molar-refractivity contribution in [2.45, 2.75) is 27.3 Å². The van der Waals surface area contributed by atoms with Crippen LogP contribution in [0.15, 0.2) is 24.5 Å². The van der Waals surface area contributed by atoms with Gasteiger partial charge >= 0.3 is 0 Å². The predicted molar refractivity (Wildman–Crippen MR) is 83.2 cm³/mol. The summed E-state index contributed by atoms with van der Waals surface area (Å²) in [5.74, 6) is 0.889. The number of nitrogens with one attached hydrogen (secondary N) is 1. The van der Waals surface area contributed by atoms with Crippen LogP contribution < -0.4 is 5.32 Å². The number of pyridine rings is 1. The van der Waals surface area contributed by atoms with Gasteiger partial charge in [-0.15, -0.1) is 11.3 Å². The van der Waals surface area contributed by atoms with Crippen molar-refractivity contribution in [1.82, 2.24) is 15.0 Å². The summed E-state index contributed by atoms with van der Waals surface area (Å²) in [6.07, 6.45) is 1.61. The van der Waals surface area contributed by atoms with Crippen LogP contribution >= 0.6 is 11.3 Å². The molecule has 3 aromatic heterocycles. The van der Waals surface area contributed by atoms with Crippen molar-refractivity contribution in [3.8, 4) is 0 Å². The largest absolute Gasteiger partial charge is 0.364 e. The van der Waals surface area contributed by atoms with E-state index in [0.717, 1.165) is 27.4 Å². The van der Waals surface area contributed by atoms with E-state index < -0.39 is 0 Å². The van der Waals surface area contributed by atoms with E-state index >= 15 is 0 Å². The van der Waals surface area contributed by atoms with Gasteiger partial charge in [0.15, 0.2) is 0 Å². The summed E-state index contributed by atoms with van der Waals surface area (Å²) in [5.41, 5.74) is 3.30. The molecule has 3 rings (SSSR count). The summed E-state index contributed by atoms with van der Waals surface area (Å²) in [7, 11) is 0. The van der Waals surface area contributed by atoms with Gasteiger partial charge in [0.25, 0.3) is 0 Å². The predicted octanol–water partition coefficient (Wildman–Crippen LogP) is 3.62. The molecular weight excluding hydrogens is 268 g/mol. The molecule has 0 aliphatic carbocycles. The van der Waals surface area contributed by atoms with E-state index in [2.05, 4.69) is 34.1 Å². The number of anilines is 1.